The van der Waals surface area contributed by atoms with Gasteiger partial charge in [0.2, 0.25) is 0 Å². The van der Waals surface area contributed by atoms with E-state index in [1.165, 1.54) is 0 Å². The third-order valence-electron chi connectivity index (χ3n) is 2.33. The highest BCUT2D eigenvalue weighted by Crippen LogP contribution is 2.17. The number of ether oxygens (including phenoxy) is 1. The summed E-state index contributed by atoms with van der Waals surface area (Å²) in [6, 6.07) is 1.80. The fourth-order valence-corrected chi connectivity index (χ4v) is 1.85. The molecular weight excluding hydrogens is 336 g/mol. The zero-order valence-corrected chi connectivity index (χ0v) is 14.7. The van der Waals surface area contributed by atoms with Crippen LogP contribution in [0.25, 0.3) is 0 Å². The topological polar surface area (TPSA) is 76.1 Å². The molecule has 0 saturated heterocycles. The van der Waals surface area contributed by atoms with E-state index >= 15 is 0 Å². The number of hydrogen-bond donors (Lipinski definition) is 2. The molecule has 0 aliphatic rings. The lowest BCUT2D eigenvalue weighted by atomic mass is 10.2. The first-order valence-corrected chi connectivity index (χ1v) is 7.72. The van der Waals surface area contributed by atoms with Crippen LogP contribution in [0, 0.1) is 0 Å². The zero-order chi connectivity index (χ0) is 16.0. The standard InChI is InChI=1S/C14H23BrN4O2/c1-9(2)12-18-10(15)8-11(19-12)16-6-7-17-13(20)21-14(3,4)5/h8-9H,6-7H2,1-5H3,(H,17,20)(H,16,18,19). The van der Waals surface area contributed by atoms with Gasteiger partial charge in [-0.15, -0.1) is 0 Å². The molecule has 6 nitrogen and oxygen atoms in total. The second-order valence-corrected chi connectivity index (χ2v) is 6.76. The molecule has 1 amide bonds. The summed E-state index contributed by atoms with van der Waals surface area (Å²) >= 11 is 3.37. The van der Waals surface area contributed by atoms with Crippen molar-refractivity contribution in [3.05, 3.63) is 16.5 Å². The summed E-state index contributed by atoms with van der Waals surface area (Å²) in [5.41, 5.74) is -0.485. The second kappa shape index (κ2) is 7.59. The minimum absolute atomic E-state index is 0.253. The van der Waals surface area contributed by atoms with Gasteiger partial charge >= 0.3 is 6.09 Å². The van der Waals surface area contributed by atoms with E-state index in [2.05, 4.69) is 36.5 Å². The van der Waals surface area contributed by atoms with Crippen LogP contribution >= 0.6 is 15.9 Å². The van der Waals surface area contributed by atoms with Crippen LogP contribution in [0.1, 0.15) is 46.4 Å². The van der Waals surface area contributed by atoms with Crippen molar-refractivity contribution in [3.63, 3.8) is 0 Å². The van der Waals surface area contributed by atoms with E-state index in [1.54, 1.807) is 6.07 Å². The molecule has 0 saturated carbocycles. The fraction of sp³-hybridized carbons (Fsp3) is 0.643. The van der Waals surface area contributed by atoms with Crippen LogP contribution in [0.3, 0.4) is 0 Å². The molecule has 0 radical (unpaired) electrons. The van der Waals surface area contributed by atoms with Crippen molar-refractivity contribution in [2.75, 3.05) is 18.4 Å². The zero-order valence-electron chi connectivity index (χ0n) is 13.2. The summed E-state index contributed by atoms with van der Waals surface area (Å²) in [6.45, 7) is 10.6. The third-order valence-corrected chi connectivity index (χ3v) is 2.73. The number of carbonyl (C=O) groups is 1. The predicted octanol–water partition coefficient (Wildman–Crippen LogP) is 3.30. The number of nitrogens with zero attached hydrogens (tertiary/aromatic N) is 2. The molecule has 7 heteroatoms. The first kappa shape index (κ1) is 17.7. The molecule has 1 aromatic rings. The van der Waals surface area contributed by atoms with Crippen molar-refractivity contribution >= 4 is 27.8 Å². The molecule has 0 bridgehead atoms. The van der Waals surface area contributed by atoms with Gasteiger partial charge in [0.05, 0.1) is 0 Å². The van der Waals surface area contributed by atoms with Crippen LogP contribution in [0.15, 0.2) is 10.7 Å². The van der Waals surface area contributed by atoms with E-state index in [-0.39, 0.29) is 5.92 Å². The molecule has 0 atom stereocenters. The van der Waals surface area contributed by atoms with E-state index in [0.29, 0.717) is 13.1 Å². The van der Waals surface area contributed by atoms with Crippen LogP contribution in [0.4, 0.5) is 10.6 Å². The molecule has 21 heavy (non-hydrogen) atoms. The number of alkyl carbamates (subject to hydrolysis) is 1. The first-order valence-electron chi connectivity index (χ1n) is 6.92. The molecule has 118 valence electrons. The second-order valence-electron chi connectivity index (χ2n) is 5.94. The van der Waals surface area contributed by atoms with E-state index in [1.807, 2.05) is 34.6 Å². The maximum atomic E-state index is 11.5. The molecule has 1 heterocycles. The molecule has 0 aliphatic heterocycles. The normalized spacial score (nSPS) is 11.4. The molecule has 0 spiro atoms. The van der Waals surface area contributed by atoms with Crippen molar-refractivity contribution in [2.45, 2.75) is 46.1 Å². The number of aromatic nitrogens is 2. The quantitative estimate of drug-likeness (QED) is 0.623. The van der Waals surface area contributed by atoms with Gasteiger partial charge in [-0.05, 0) is 36.7 Å². The predicted molar refractivity (Wildman–Crippen MR) is 86.5 cm³/mol. The Hall–Kier alpha value is -1.37. The maximum absolute atomic E-state index is 11.5. The number of carbonyl (C=O) groups excluding carboxylic acids is 1. The Labute approximate surface area is 134 Å². The summed E-state index contributed by atoms with van der Waals surface area (Å²) in [6.07, 6.45) is -0.420. The van der Waals surface area contributed by atoms with Crippen LogP contribution in [0.5, 0.6) is 0 Å². The molecule has 0 fully saturated rings. The Bertz CT molecular complexity index is 486. The highest BCUT2D eigenvalue weighted by atomic mass is 79.9. The van der Waals surface area contributed by atoms with Gasteiger partial charge in [0.1, 0.15) is 21.8 Å². The van der Waals surface area contributed by atoms with E-state index in [9.17, 15) is 4.79 Å². The molecule has 1 aromatic heterocycles. The van der Waals surface area contributed by atoms with Gasteiger partial charge in [0, 0.05) is 25.1 Å². The van der Waals surface area contributed by atoms with Crippen LogP contribution in [-0.2, 0) is 4.74 Å². The Morgan fingerprint density at radius 2 is 2.00 bits per heavy atom. The van der Waals surface area contributed by atoms with Gasteiger partial charge in [-0.1, -0.05) is 13.8 Å². The minimum atomic E-state index is -0.485. The van der Waals surface area contributed by atoms with Crippen molar-refractivity contribution in [1.29, 1.82) is 0 Å². The minimum Gasteiger partial charge on any atom is -0.444 e. The smallest absolute Gasteiger partial charge is 0.407 e. The SMILES string of the molecule is CC(C)c1nc(Br)cc(NCCNC(=O)OC(C)(C)C)n1. The van der Waals surface area contributed by atoms with Gasteiger partial charge in [0.15, 0.2) is 0 Å². The average Bonchev–Trinajstić information content (AvgIpc) is 2.31. The van der Waals surface area contributed by atoms with Gasteiger partial charge in [-0.3, -0.25) is 0 Å². The van der Waals surface area contributed by atoms with Crippen molar-refractivity contribution < 1.29 is 9.53 Å². The first-order chi connectivity index (χ1) is 9.67. The number of halogens is 1. The summed E-state index contributed by atoms with van der Waals surface area (Å²) < 4.78 is 5.89. The van der Waals surface area contributed by atoms with Gasteiger partial charge in [-0.25, -0.2) is 14.8 Å². The van der Waals surface area contributed by atoms with Crippen molar-refractivity contribution in [1.82, 2.24) is 15.3 Å². The number of nitrogens with one attached hydrogen (secondary N) is 2. The van der Waals surface area contributed by atoms with Crippen molar-refractivity contribution in [3.8, 4) is 0 Å². The average molecular weight is 359 g/mol. The number of amides is 1. The number of rotatable bonds is 5. The number of hydrogen-bond acceptors (Lipinski definition) is 5. The Kier molecular flexibility index (Phi) is 6.39. The van der Waals surface area contributed by atoms with Gasteiger partial charge < -0.3 is 15.4 Å². The molecule has 0 aliphatic carbocycles. The van der Waals surface area contributed by atoms with E-state index in [0.717, 1.165) is 16.2 Å². The Balaban J connectivity index is 2.41. The molecule has 2 N–H and O–H groups in total. The third kappa shape index (κ3) is 7.27. The van der Waals surface area contributed by atoms with Gasteiger partial charge in [0.25, 0.3) is 0 Å². The largest absolute Gasteiger partial charge is 0.444 e. The maximum Gasteiger partial charge on any atom is 0.407 e. The van der Waals surface area contributed by atoms with E-state index < -0.39 is 11.7 Å². The summed E-state index contributed by atoms with van der Waals surface area (Å²) in [5, 5.41) is 5.83. The molecule has 0 unspecified atom stereocenters. The highest BCUT2D eigenvalue weighted by Gasteiger charge is 2.15. The fourth-order valence-electron chi connectivity index (χ4n) is 1.45. The lowest BCUT2D eigenvalue weighted by Gasteiger charge is -2.19. The molecular formula is C14H23BrN4O2. The summed E-state index contributed by atoms with van der Waals surface area (Å²) in [5.74, 6) is 1.75. The van der Waals surface area contributed by atoms with Crippen LogP contribution in [-0.4, -0.2) is 34.8 Å². The lowest BCUT2D eigenvalue weighted by molar-refractivity contribution is 0.0530. The Morgan fingerprint density at radius 3 is 2.57 bits per heavy atom. The van der Waals surface area contributed by atoms with E-state index in [4.69, 9.17) is 4.74 Å². The lowest BCUT2D eigenvalue weighted by Crippen LogP contribution is -2.35. The molecule has 1 rings (SSSR count). The highest BCUT2D eigenvalue weighted by molar-refractivity contribution is 9.10. The van der Waals surface area contributed by atoms with Crippen LogP contribution < -0.4 is 10.6 Å². The van der Waals surface area contributed by atoms with Crippen LogP contribution in [0.2, 0.25) is 0 Å². The molecule has 0 aromatic carbocycles. The monoisotopic (exact) mass is 358 g/mol. The number of anilines is 1. The van der Waals surface area contributed by atoms with Gasteiger partial charge in [-0.2, -0.15) is 0 Å². The summed E-state index contributed by atoms with van der Waals surface area (Å²) in [4.78, 5) is 20.2. The summed E-state index contributed by atoms with van der Waals surface area (Å²) in [7, 11) is 0. The Morgan fingerprint density at radius 1 is 1.33 bits per heavy atom. The van der Waals surface area contributed by atoms with Crippen molar-refractivity contribution in [2.24, 2.45) is 0 Å².